The summed E-state index contributed by atoms with van der Waals surface area (Å²) in [5.74, 6) is 7.07. The SMILES string of the molecule is CC(C)(O)COc1ccc(N=CC(CN2CCC(c3cccc(O)c3)CC2)=NN)cc1. The Labute approximate surface area is 183 Å². The molecule has 31 heavy (non-hydrogen) atoms. The van der Waals surface area contributed by atoms with Gasteiger partial charge in [0.25, 0.3) is 0 Å². The van der Waals surface area contributed by atoms with Crippen LogP contribution in [0.1, 0.15) is 38.2 Å². The van der Waals surface area contributed by atoms with Crippen LogP contribution < -0.4 is 10.6 Å². The summed E-state index contributed by atoms with van der Waals surface area (Å²) in [6.45, 7) is 6.17. The summed E-state index contributed by atoms with van der Waals surface area (Å²) < 4.78 is 5.55. The van der Waals surface area contributed by atoms with E-state index in [9.17, 15) is 10.2 Å². The van der Waals surface area contributed by atoms with Crippen LogP contribution in [0.25, 0.3) is 0 Å². The van der Waals surface area contributed by atoms with Gasteiger partial charge in [0.1, 0.15) is 18.1 Å². The minimum atomic E-state index is -0.874. The molecule has 0 amide bonds. The van der Waals surface area contributed by atoms with Gasteiger partial charge in [-0.15, -0.1) is 0 Å². The summed E-state index contributed by atoms with van der Waals surface area (Å²) in [7, 11) is 0. The average molecular weight is 425 g/mol. The summed E-state index contributed by atoms with van der Waals surface area (Å²) in [4.78, 5) is 6.79. The topological polar surface area (TPSA) is 104 Å². The first-order valence-corrected chi connectivity index (χ1v) is 10.6. The smallest absolute Gasteiger partial charge is 0.119 e. The van der Waals surface area contributed by atoms with Crippen LogP contribution in [0, 0.1) is 0 Å². The van der Waals surface area contributed by atoms with Crippen molar-refractivity contribution < 1.29 is 14.9 Å². The summed E-state index contributed by atoms with van der Waals surface area (Å²) in [5.41, 5.74) is 1.82. The van der Waals surface area contributed by atoms with E-state index in [-0.39, 0.29) is 6.61 Å². The van der Waals surface area contributed by atoms with Gasteiger partial charge in [-0.05, 0) is 87.7 Å². The van der Waals surface area contributed by atoms with Crippen molar-refractivity contribution in [2.45, 2.75) is 38.2 Å². The lowest BCUT2D eigenvalue weighted by atomic mass is 9.89. The van der Waals surface area contributed by atoms with E-state index in [2.05, 4.69) is 21.1 Å². The molecule has 7 nitrogen and oxygen atoms in total. The van der Waals surface area contributed by atoms with Crippen LogP contribution in [0.5, 0.6) is 11.5 Å². The molecule has 0 saturated carbocycles. The number of ether oxygens (including phenoxy) is 1. The maximum atomic E-state index is 9.74. The largest absolute Gasteiger partial charge is 0.508 e. The summed E-state index contributed by atoms with van der Waals surface area (Å²) >= 11 is 0. The molecule has 0 spiro atoms. The van der Waals surface area contributed by atoms with Crippen molar-refractivity contribution in [3.63, 3.8) is 0 Å². The van der Waals surface area contributed by atoms with Gasteiger partial charge in [-0.1, -0.05) is 12.1 Å². The number of phenols is 1. The Balaban J connectivity index is 1.49. The molecule has 0 aromatic heterocycles. The van der Waals surface area contributed by atoms with Gasteiger partial charge in [0.2, 0.25) is 0 Å². The maximum absolute atomic E-state index is 9.74. The number of rotatable bonds is 8. The van der Waals surface area contributed by atoms with Gasteiger partial charge in [-0.25, -0.2) is 0 Å². The fourth-order valence-electron chi connectivity index (χ4n) is 3.58. The number of phenolic OH excluding ortho intramolecular Hbond substituents is 1. The zero-order chi connectivity index (χ0) is 22.3. The molecule has 1 fully saturated rings. The minimum Gasteiger partial charge on any atom is -0.508 e. The Bertz CT molecular complexity index is 896. The second-order valence-electron chi connectivity index (χ2n) is 8.62. The molecule has 0 bridgehead atoms. The van der Waals surface area contributed by atoms with E-state index >= 15 is 0 Å². The lowest BCUT2D eigenvalue weighted by Gasteiger charge is -2.32. The molecule has 1 aliphatic rings. The predicted octanol–water partition coefficient (Wildman–Crippen LogP) is 3.44. The van der Waals surface area contributed by atoms with Gasteiger partial charge >= 0.3 is 0 Å². The third-order valence-electron chi connectivity index (χ3n) is 5.27. The molecule has 1 saturated heterocycles. The van der Waals surface area contributed by atoms with Crippen LogP contribution in [0.3, 0.4) is 0 Å². The number of hydrazone groups is 1. The highest BCUT2D eigenvalue weighted by Crippen LogP contribution is 2.29. The number of likely N-dealkylation sites (tertiary alicyclic amines) is 1. The van der Waals surface area contributed by atoms with Gasteiger partial charge in [0, 0.05) is 6.54 Å². The maximum Gasteiger partial charge on any atom is 0.119 e. The Morgan fingerprint density at radius 1 is 1.19 bits per heavy atom. The number of nitrogens with two attached hydrogens (primary N) is 1. The first kappa shape index (κ1) is 22.8. The molecule has 7 heteroatoms. The normalized spacial score (nSPS) is 16.7. The molecular formula is C24H32N4O3. The molecule has 0 radical (unpaired) electrons. The molecule has 0 atom stereocenters. The number of aliphatic imine (C=N–C) groups is 1. The molecule has 0 unspecified atom stereocenters. The van der Waals surface area contributed by atoms with E-state index in [0.717, 1.165) is 37.3 Å². The van der Waals surface area contributed by atoms with Crippen molar-refractivity contribution in [1.29, 1.82) is 0 Å². The molecule has 1 heterocycles. The van der Waals surface area contributed by atoms with Crippen molar-refractivity contribution >= 4 is 17.6 Å². The highest BCUT2D eigenvalue weighted by Gasteiger charge is 2.21. The van der Waals surface area contributed by atoms with Gasteiger partial charge < -0.3 is 20.8 Å². The first-order chi connectivity index (χ1) is 14.8. The van der Waals surface area contributed by atoms with Crippen molar-refractivity contribution in [1.82, 2.24) is 4.90 Å². The fraction of sp³-hybridized carbons (Fsp3) is 0.417. The zero-order valence-electron chi connectivity index (χ0n) is 18.2. The monoisotopic (exact) mass is 424 g/mol. The lowest BCUT2D eigenvalue weighted by molar-refractivity contribution is 0.0285. The van der Waals surface area contributed by atoms with Crippen LogP contribution >= 0.6 is 0 Å². The number of hydrogen-bond acceptors (Lipinski definition) is 7. The van der Waals surface area contributed by atoms with Gasteiger partial charge in [0.15, 0.2) is 0 Å². The molecule has 0 aliphatic carbocycles. The Kier molecular flexibility index (Phi) is 7.65. The summed E-state index contributed by atoms with van der Waals surface area (Å²) in [6, 6.07) is 14.9. The Hall–Kier alpha value is -2.90. The Morgan fingerprint density at radius 2 is 1.90 bits per heavy atom. The van der Waals surface area contributed by atoms with Crippen molar-refractivity contribution in [3.05, 3.63) is 54.1 Å². The second-order valence-corrected chi connectivity index (χ2v) is 8.62. The minimum absolute atomic E-state index is 0.224. The predicted molar refractivity (Wildman–Crippen MR) is 125 cm³/mol. The highest BCUT2D eigenvalue weighted by atomic mass is 16.5. The number of piperidine rings is 1. The third kappa shape index (κ3) is 7.38. The third-order valence-corrected chi connectivity index (χ3v) is 5.27. The first-order valence-electron chi connectivity index (χ1n) is 10.6. The fourth-order valence-corrected chi connectivity index (χ4v) is 3.58. The number of hydrogen-bond donors (Lipinski definition) is 3. The van der Waals surface area contributed by atoms with Crippen molar-refractivity contribution in [2.24, 2.45) is 15.9 Å². The average Bonchev–Trinajstić information content (AvgIpc) is 2.76. The van der Waals surface area contributed by atoms with Crippen LogP contribution in [-0.4, -0.2) is 58.9 Å². The summed E-state index contributed by atoms with van der Waals surface area (Å²) in [5, 5.41) is 23.3. The van der Waals surface area contributed by atoms with E-state index < -0.39 is 5.60 Å². The molecular weight excluding hydrogens is 392 g/mol. The van der Waals surface area contributed by atoms with Crippen molar-refractivity contribution in [3.8, 4) is 11.5 Å². The number of benzene rings is 2. The number of aromatic hydroxyl groups is 1. The molecule has 2 aromatic carbocycles. The van der Waals surface area contributed by atoms with Crippen LogP contribution in [0.15, 0.2) is 58.6 Å². The number of aliphatic hydroxyl groups is 1. The van der Waals surface area contributed by atoms with Crippen molar-refractivity contribution in [2.75, 3.05) is 26.2 Å². The molecule has 166 valence electrons. The van der Waals surface area contributed by atoms with Crippen LogP contribution in [-0.2, 0) is 0 Å². The standard InChI is InChI=1S/C24H32N4O3/c1-24(2,30)17-31-23-8-6-20(7-9-23)26-15-21(27-25)16-28-12-10-18(11-13-28)19-4-3-5-22(29)14-19/h3-9,14-15,18,29-30H,10-13,16-17,25H2,1-2H3. The van der Waals surface area contributed by atoms with E-state index in [1.165, 1.54) is 5.56 Å². The van der Waals surface area contributed by atoms with E-state index in [1.54, 1.807) is 26.1 Å². The van der Waals surface area contributed by atoms with Crippen LogP contribution in [0.4, 0.5) is 5.69 Å². The van der Waals surface area contributed by atoms with Gasteiger partial charge in [-0.2, -0.15) is 5.10 Å². The summed E-state index contributed by atoms with van der Waals surface area (Å²) in [6.07, 6.45) is 3.77. The molecule has 4 N–H and O–H groups in total. The van der Waals surface area contributed by atoms with Crippen LogP contribution in [0.2, 0.25) is 0 Å². The van der Waals surface area contributed by atoms with Gasteiger partial charge in [0.05, 0.1) is 23.2 Å². The van der Waals surface area contributed by atoms with E-state index in [0.29, 0.717) is 24.0 Å². The quantitative estimate of drug-likeness (QED) is 0.342. The second kappa shape index (κ2) is 10.4. The zero-order valence-corrected chi connectivity index (χ0v) is 18.2. The molecule has 1 aliphatic heterocycles. The molecule has 2 aromatic rings. The Morgan fingerprint density at radius 3 is 2.52 bits per heavy atom. The number of nitrogens with zero attached hydrogens (tertiary/aromatic N) is 3. The van der Waals surface area contributed by atoms with Gasteiger partial charge in [-0.3, -0.25) is 9.89 Å². The molecule has 3 rings (SSSR count). The van der Waals surface area contributed by atoms with E-state index in [4.69, 9.17) is 10.6 Å². The lowest BCUT2D eigenvalue weighted by Crippen LogP contribution is -2.37. The highest BCUT2D eigenvalue weighted by molar-refractivity contribution is 6.32. The van der Waals surface area contributed by atoms with E-state index in [1.807, 2.05) is 36.4 Å².